The standard InChI is InChI=1S/C31H33BNO2/c1-30(2,3)31(4,5)35-32-26-12-9-11-25(20-26)23-16-14-22(15-17-23)21-34-28-19-18-24-10-7-8-13-27(24)29(28)33-6/h7-20H,6,21H2,1-5H3. The van der Waals surface area contributed by atoms with E-state index in [1.165, 1.54) is 0 Å². The van der Waals surface area contributed by atoms with E-state index < -0.39 is 0 Å². The average molecular weight is 462 g/mol. The van der Waals surface area contributed by atoms with Gasteiger partial charge in [0.25, 0.3) is 0 Å². The molecule has 177 valence electrons. The largest absolute Gasteiger partial charge is 0.487 e. The molecule has 0 unspecified atom stereocenters. The molecule has 0 amide bonds. The van der Waals surface area contributed by atoms with Gasteiger partial charge in [-0.05, 0) is 54.1 Å². The third-order valence-electron chi connectivity index (χ3n) is 6.89. The molecule has 0 aliphatic heterocycles. The summed E-state index contributed by atoms with van der Waals surface area (Å²) in [6.45, 7) is 15.0. The molecule has 0 bridgehead atoms. The van der Waals surface area contributed by atoms with E-state index in [1.54, 1.807) is 0 Å². The maximum Gasteiger partial charge on any atom is 0.330 e. The van der Waals surface area contributed by atoms with Crippen molar-refractivity contribution in [2.75, 3.05) is 0 Å². The highest BCUT2D eigenvalue weighted by molar-refractivity contribution is 6.47. The molecule has 0 heterocycles. The first-order chi connectivity index (χ1) is 16.7. The summed E-state index contributed by atoms with van der Waals surface area (Å²) in [7, 11) is 1.87. The smallest absolute Gasteiger partial charge is 0.330 e. The summed E-state index contributed by atoms with van der Waals surface area (Å²) < 4.78 is 12.3. The molecule has 0 spiro atoms. The normalized spacial score (nSPS) is 11.9. The predicted octanol–water partition coefficient (Wildman–Crippen LogP) is 7.50. The van der Waals surface area contributed by atoms with Crippen LogP contribution in [0.3, 0.4) is 0 Å². The first-order valence-electron chi connectivity index (χ1n) is 12.0. The highest BCUT2D eigenvalue weighted by Crippen LogP contribution is 2.36. The van der Waals surface area contributed by atoms with E-state index in [-0.39, 0.29) is 11.0 Å². The van der Waals surface area contributed by atoms with Crippen LogP contribution in [0.15, 0.2) is 89.9 Å². The van der Waals surface area contributed by atoms with E-state index >= 15 is 0 Å². The Morgan fingerprint density at radius 3 is 2.26 bits per heavy atom. The summed E-state index contributed by atoms with van der Waals surface area (Å²) in [5.74, 6) is 0.740. The summed E-state index contributed by atoms with van der Waals surface area (Å²) in [4.78, 5) is 4.23. The van der Waals surface area contributed by atoms with Gasteiger partial charge in [0, 0.05) is 5.39 Å². The summed E-state index contributed by atoms with van der Waals surface area (Å²) in [5.41, 5.74) is 4.99. The minimum atomic E-state index is -0.267. The number of rotatable bonds is 8. The van der Waals surface area contributed by atoms with Crippen LogP contribution in [0.25, 0.3) is 21.9 Å². The van der Waals surface area contributed by atoms with Crippen LogP contribution in [0, 0.1) is 5.41 Å². The summed E-state index contributed by atoms with van der Waals surface area (Å²) in [6.07, 6.45) is 0. The predicted molar refractivity (Wildman–Crippen MR) is 149 cm³/mol. The van der Waals surface area contributed by atoms with Gasteiger partial charge in [-0.2, -0.15) is 0 Å². The lowest BCUT2D eigenvalue weighted by Gasteiger charge is -2.39. The van der Waals surface area contributed by atoms with Crippen molar-refractivity contribution in [3.63, 3.8) is 0 Å². The molecular formula is C31H33BNO2. The fraction of sp³-hybridized carbons (Fsp3) is 0.258. The van der Waals surface area contributed by atoms with E-state index in [2.05, 4.69) is 107 Å². The SMILES string of the molecule is C=Nc1c(OCc2ccc(-c3cccc([B]OC(C)(C)C(C)(C)C)c3)cc2)ccc2ccccc12. The van der Waals surface area contributed by atoms with Gasteiger partial charge in [-0.25, -0.2) is 0 Å². The number of hydrogen-bond acceptors (Lipinski definition) is 3. The van der Waals surface area contributed by atoms with Crippen LogP contribution >= 0.6 is 0 Å². The molecule has 0 aliphatic carbocycles. The zero-order valence-corrected chi connectivity index (χ0v) is 21.3. The second-order valence-electron chi connectivity index (χ2n) is 10.4. The Balaban J connectivity index is 1.44. The second kappa shape index (κ2) is 10.1. The summed E-state index contributed by atoms with van der Waals surface area (Å²) in [6, 6.07) is 29.0. The Hall–Kier alpha value is -3.37. The third kappa shape index (κ3) is 5.66. The molecule has 0 atom stereocenters. The van der Waals surface area contributed by atoms with Crippen molar-refractivity contribution in [2.24, 2.45) is 10.4 Å². The molecule has 4 heteroatoms. The Morgan fingerprint density at radius 1 is 0.800 bits per heavy atom. The Morgan fingerprint density at radius 2 is 1.54 bits per heavy atom. The van der Waals surface area contributed by atoms with Crippen LogP contribution in [0.4, 0.5) is 5.69 Å². The number of fused-ring (bicyclic) bond motifs is 1. The molecule has 0 aliphatic rings. The van der Waals surface area contributed by atoms with Crippen molar-refractivity contribution >= 4 is 36.1 Å². The molecule has 0 saturated heterocycles. The topological polar surface area (TPSA) is 30.8 Å². The molecule has 35 heavy (non-hydrogen) atoms. The van der Waals surface area contributed by atoms with E-state index in [0.717, 1.165) is 44.4 Å². The van der Waals surface area contributed by atoms with Crippen molar-refractivity contribution in [1.29, 1.82) is 0 Å². The molecule has 3 nitrogen and oxygen atoms in total. The van der Waals surface area contributed by atoms with Crippen molar-refractivity contribution < 1.29 is 9.39 Å². The Labute approximate surface area is 210 Å². The average Bonchev–Trinajstić information content (AvgIpc) is 2.85. The maximum absolute atomic E-state index is 6.16. The van der Waals surface area contributed by atoms with Gasteiger partial charge < -0.3 is 9.39 Å². The first kappa shape index (κ1) is 24.7. The van der Waals surface area contributed by atoms with E-state index in [1.807, 2.05) is 31.7 Å². The van der Waals surface area contributed by atoms with Gasteiger partial charge in [-0.15, -0.1) is 0 Å². The van der Waals surface area contributed by atoms with Crippen LogP contribution < -0.4 is 10.2 Å². The number of hydrogen-bond donors (Lipinski definition) is 0. The minimum absolute atomic E-state index is 0.0361. The Kier molecular flexibility index (Phi) is 7.14. The monoisotopic (exact) mass is 462 g/mol. The van der Waals surface area contributed by atoms with Crippen LogP contribution in [-0.2, 0) is 11.3 Å². The van der Waals surface area contributed by atoms with Gasteiger partial charge in [0.2, 0.25) is 0 Å². The van der Waals surface area contributed by atoms with E-state index in [0.29, 0.717) is 6.61 Å². The van der Waals surface area contributed by atoms with Crippen LogP contribution in [0.1, 0.15) is 40.2 Å². The number of nitrogens with zero attached hydrogens (tertiary/aromatic N) is 1. The Bertz CT molecular complexity index is 1320. The lowest BCUT2D eigenvalue weighted by molar-refractivity contribution is 0.00504. The molecular weight excluding hydrogens is 429 g/mol. The van der Waals surface area contributed by atoms with Crippen molar-refractivity contribution in [3.05, 3.63) is 90.5 Å². The van der Waals surface area contributed by atoms with Crippen LogP contribution in [0.2, 0.25) is 0 Å². The number of ether oxygens (including phenoxy) is 1. The maximum atomic E-state index is 6.16. The molecule has 0 saturated carbocycles. The quantitative estimate of drug-likeness (QED) is 0.200. The molecule has 4 aromatic carbocycles. The van der Waals surface area contributed by atoms with Crippen LogP contribution in [-0.4, -0.2) is 19.8 Å². The van der Waals surface area contributed by atoms with Gasteiger partial charge in [0.05, 0.1) is 5.60 Å². The van der Waals surface area contributed by atoms with Crippen molar-refractivity contribution in [1.82, 2.24) is 0 Å². The fourth-order valence-corrected chi connectivity index (χ4v) is 3.65. The lowest BCUT2D eigenvalue weighted by Crippen LogP contribution is -2.42. The molecule has 4 aromatic rings. The lowest BCUT2D eigenvalue weighted by atomic mass is 9.76. The zero-order chi connectivity index (χ0) is 25.1. The third-order valence-corrected chi connectivity index (χ3v) is 6.89. The molecule has 1 radical (unpaired) electrons. The zero-order valence-electron chi connectivity index (χ0n) is 21.3. The van der Waals surface area contributed by atoms with E-state index in [4.69, 9.17) is 9.39 Å². The van der Waals surface area contributed by atoms with Gasteiger partial charge in [0.15, 0.2) is 0 Å². The van der Waals surface area contributed by atoms with E-state index in [9.17, 15) is 0 Å². The fourth-order valence-electron chi connectivity index (χ4n) is 3.65. The molecule has 4 rings (SSSR count). The molecule has 0 aromatic heterocycles. The second-order valence-corrected chi connectivity index (χ2v) is 10.4. The summed E-state index contributed by atoms with van der Waals surface area (Å²) >= 11 is 0. The number of benzene rings is 4. The molecule has 0 N–H and O–H groups in total. The highest BCUT2D eigenvalue weighted by Gasteiger charge is 2.33. The number of aliphatic imine (C=N–C) groups is 1. The van der Waals surface area contributed by atoms with Gasteiger partial charge in [-0.3, -0.25) is 4.99 Å². The highest BCUT2D eigenvalue weighted by atomic mass is 16.5. The molecule has 0 fully saturated rings. The minimum Gasteiger partial charge on any atom is -0.487 e. The van der Waals surface area contributed by atoms with Gasteiger partial charge in [0.1, 0.15) is 18.0 Å². The van der Waals surface area contributed by atoms with Crippen LogP contribution in [0.5, 0.6) is 5.75 Å². The van der Waals surface area contributed by atoms with Crippen molar-refractivity contribution in [2.45, 2.75) is 46.8 Å². The summed E-state index contributed by atoms with van der Waals surface area (Å²) in [5, 5.41) is 2.17. The van der Waals surface area contributed by atoms with Gasteiger partial charge >= 0.3 is 7.48 Å². The first-order valence-corrected chi connectivity index (χ1v) is 12.0. The van der Waals surface area contributed by atoms with Crippen molar-refractivity contribution in [3.8, 4) is 16.9 Å². The van der Waals surface area contributed by atoms with Gasteiger partial charge in [-0.1, -0.05) is 105 Å².